The van der Waals surface area contributed by atoms with Gasteiger partial charge in [-0.15, -0.1) is 17.4 Å². The highest BCUT2D eigenvalue weighted by Crippen LogP contribution is 1.85. The van der Waals surface area contributed by atoms with E-state index in [1.165, 1.54) is 0 Å². The molecule has 0 unspecified atom stereocenters. The molecular formula is C9H14N4. The van der Waals surface area contributed by atoms with E-state index in [0.29, 0.717) is 0 Å². The Morgan fingerprint density at radius 3 is 3.08 bits per heavy atom. The van der Waals surface area contributed by atoms with E-state index in [9.17, 15) is 0 Å². The van der Waals surface area contributed by atoms with Crippen LogP contribution in [0.1, 0.15) is 12.8 Å². The van der Waals surface area contributed by atoms with Crippen LogP contribution in [0.3, 0.4) is 0 Å². The molecule has 0 spiro atoms. The van der Waals surface area contributed by atoms with Gasteiger partial charge in [-0.3, -0.25) is 4.68 Å². The van der Waals surface area contributed by atoms with Crippen LogP contribution >= 0.6 is 0 Å². The Labute approximate surface area is 78.3 Å². The Hall–Kier alpha value is -1.34. The van der Waals surface area contributed by atoms with Crippen LogP contribution in [0.15, 0.2) is 12.4 Å². The van der Waals surface area contributed by atoms with E-state index in [2.05, 4.69) is 21.5 Å². The van der Waals surface area contributed by atoms with Gasteiger partial charge in [-0.2, -0.15) is 0 Å². The van der Waals surface area contributed by atoms with Gasteiger partial charge in [0.05, 0.1) is 6.20 Å². The molecule has 0 aliphatic rings. The van der Waals surface area contributed by atoms with E-state index in [1.807, 2.05) is 10.9 Å². The summed E-state index contributed by atoms with van der Waals surface area (Å²) >= 11 is 0. The van der Waals surface area contributed by atoms with Crippen LogP contribution in [0.5, 0.6) is 0 Å². The van der Waals surface area contributed by atoms with Gasteiger partial charge < -0.3 is 5.32 Å². The molecule has 0 atom stereocenters. The lowest BCUT2D eigenvalue weighted by Gasteiger charge is -2.01. The van der Waals surface area contributed by atoms with Crippen molar-refractivity contribution in [3.63, 3.8) is 0 Å². The number of aryl methyl sites for hydroxylation is 1. The molecule has 0 aliphatic carbocycles. The normalized spacial score (nSPS) is 9.77. The number of terminal acetylenes is 1. The van der Waals surface area contributed by atoms with Crippen molar-refractivity contribution in [2.24, 2.45) is 0 Å². The minimum Gasteiger partial charge on any atom is -0.316 e. The van der Waals surface area contributed by atoms with Crippen molar-refractivity contribution >= 4 is 0 Å². The number of rotatable bonds is 6. The smallest absolute Gasteiger partial charge is 0.0692 e. The van der Waals surface area contributed by atoms with Gasteiger partial charge in [-0.1, -0.05) is 5.21 Å². The summed E-state index contributed by atoms with van der Waals surface area (Å²) in [5.41, 5.74) is 0. The summed E-state index contributed by atoms with van der Waals surface area (Å²) < 4.78 is 1.82. The lowest BCUT2D eigenvalue weighted by atomic mass is 10.4. The van der Waals surface area contributed by atoms with Gasteiger partial charge in [0.2, 0.25) is 0 Å². The molecule has 0 amide bonds. The molecule has 13 heavy (non-hydrogen) atoms. The average molecular weight is 178 g/mol. The first-order valence-electron chi connectivity index (χ1n) is 4.42. The molecule has 0 aromatic carbocycles. The molecule has 0 aliphatic heterocycles. The number of aromatic nitrogens is 3. The molecule has 0 fully saturated rings. The minimum absolute atomic E-state index is 0.795. The molecule has 1 heterocycles. The summed E-state index contributed by atoms with van der Waals surface area (Å²) in [4.78, 5) is 0. The summed E-state index contributed by atoms with van der Waals surface area (Å²) in [5.74, 6) is 2.58. The van der Waals surface area contributed by atoms with Crippen LogP contribution in [0.4, 0.5) is 0 Å². The van der Waals surface area contributed by atoms with Crippen molar-refractivity contribution in [3.05, 3.63) is 12.4 Å². The lowest BCUT2D eigenvalue weighted by Crippen LogP contribution is -2.18. The summed E-state index contributed by atoms with van der Waals surface area (Å²) in [6, 6.07) is 0. The molecule has 1 aromatic heterocycles. The number of nitrogens with zero attached hydrogens (tertiary/aromatic N) is 3. The van der Waals surface area contributed by atoms with E-state index < -0.39 is 0 Å². The highest BCUT2D eigenvalue weighted by atomic mass is 15.4. The van der Waals surface area contributed by atoms with E-state index in [-0.39, 0.29) is 0 Å². The Balaban J connectivity index is 1.94. The average Bonchev–Trinajstić information content (AvgIpc) is 2.63. The van der Waals surface area contributed by atoms with E-state index in [1.54, 1.807) is 6.20 Å². The molecule has 70 valence electrons. The first kappa shape index (κ1) is 9.75. The number of hydrogen-bond donors (Lipinski definition) is 1. The second-order valence-corrected chi connectivity index (χ2v) is 2.72. The molecular weight excluding hydrogens is 164 g/mol. The maximum absolute atomic E-state index is 5.11. The zero-order valence-corrected chi connectivity index (χ0v) is 7.61. The van der Waals surface area contributed by atoms with Crippen molar-refractivity contribution < 1.29 is 0 Å². The van der Waals surface area contributed by atoms with Gasteiger partial charge in [-0.25, -0.2) is 0 Å². The largest absolute Gasteiger partial charge is 0.316 e. The molecule has 0 radical (unpaired) electrons. The van der Waals surface area contributed by atoms with Crippen LogP contribution in [-0.2, 0) is 6.54 Å². The Kier molecular flexibility index (Phi) is 4.65. The van der Waals surface area contributed by atoms with Crippen LogP contribution in [0.2, 0.25) is 0 Å². The van der Waals surface area contributed by atoms with Crippen LogP contribution in [-0.4, -0.2) is 28.1 Å². The predicted molar refractivity (Wildman–Crippen MR) is 51.0 cm³/mol. The highest BCUT2D eigenvalue weighted by Gasteiger charge is 1.90. The first-order chi connectivity index (χ1) is 6.43. The SMILES string of the molecule is C#CCCNCCCn1ccnn1. The number of nitrogens with one attached hydrogen (secondary N) is 1. The second kappa shape index (κ2) is 6.21. The fourth-order valence-electron chi connectivity index (χ4n) is 1.00. The van der Waals surface area contributed by atoms with Crippen molar-refractivity contribution in [2.75, 3.05) is 13.1 Å². The molecule has 1 rings (SSSR count). The highest BCUT2D eigenvalue weighted by molar-refractivity contribution is 4.83. The van der Waals surface area contributed by atoms with Crippen molar-refractivity contribution in [2.45, 2.75) is 19.4 Å². The summed E-state index contributed by atoms with van der Waals surface area (Å²) in [7, 11) is 0. The zero-order chi connectivity index (χ0) is 9.36. The second-order valence-electron chi connectivity index (χ2n) is 2.72. The Morgan fingerprint density at radius 2 is 2.38 bits per heavy atom. The standard InChI is InChI=1S/C9H14N4/c1-2-3-5-10-6-4-8-13-9-7-11-12-13/h1,7,9-10H,3-6,8H2. The van der Waals surface area contributed by atoms with Gasteiger partial charge in [0.15, 0.2) is 0 Å². The van der Waals surface area contributed by atoms with Gasteiger partial charge >= 0.3 is 0 Å². The monoisotopic (exact) mass is 178 g/mol. The fourth-order valence-corrected chi connectivity index (χ4v) is 1.00. The summed E-state index contributed by atoms with van der Waals surface area (Å²) in [5, 5.41) is 10.8. The molecule has 1 N–H and O–H groups in total. The maximum atomic E-state index is 5.11. The quantitative estimate of drug-likeness (QED) is 0.502. The van der Waals surface area contributed by atoms with E-state index in [0.717, 1.165) is 32.5 Å². The third kappa shape index (κ3) is 4.28. The molecule has 4 heteroatoms. The van der Waals surface area contributed by atoms with E-state index >= 15 is 0 Å². The van der Waals surface area contributed by atoms with E-state index in [4.69, 9.17) is 6.42 Å². The molecule has 4 nitrogen and oxygen atoms in total. The third-order valence-corrected chi connectivity index (χ3v) is 1.66. The van der Waals surface area contributed by atoms with Gasteiger partial charge in [0.1, 0.15) is 0 Å². The third-order valence-electron chi connectivity index (χ3n) is 1.66. The zero-order valence-electron chi connectivity index (χ0n) is 7.61. The van der Waals surface area contributed by atoms with Gasteiger partial charge in [0.25, 0.3) is 0 Å². The first-order valence-corrected chi connectivity index (χ1v) is 4.42. The van der Waals surface area contributed by atoms with Crippen LogP contribution < -0.4 is 5.32 Å². The van der Waals surface area contributed by atoms with Gasteiger partial charge in [-0.05, 0) is 13.0 Å². The summed E-state index contributed by atoms with van der Waals surface area (Å²) in [6.45, 7) is 2.78. The molecule has 1 aromatic rings. The molecule has 0 bridgehead atoms. The lowest BCUT2D eigenvalue weighted by molar-refractivity contribution is 0.533. The van der Waals surface area contributed by atoms with Gasteiger partial charge in [0, 0.05) is 25.7 Å². The Morgan fingerprint density at radius 1 is 1.46 bits per heavy atom. The predicted octanol–water partition coefficient (Wildman–Crippen LogP) is 0.281. The summed E-state index contributed by atoms with van der Waals surface area (Å²) in [6.07, 6.45) is 10.5. The molecule has 0 saturated heterocycles. The minimum atomic E-state index is 0.795. The fraction of sp³-hybridized carbons (Fsp3) is 0.556. The van der Waals surface area contributed by atoms with Crippen LogP contribution in [0, 0.1) is 12.3 Å². The topological polar surface area (TPSA) is 42.7 Å². The van der Waals surface area contributed by atoms with Crippen LogP contribution in [0.25, 0.3) is 0 Å². The number of hydrogen-bond acceptors (Lipinski definition) is 3. The van der Waals surface area contributed by atoms with Crippen molar-refractivity contribution in [1.29, 1.82) is 0 Å². The maximum Gasteiger partial charge on any atom is 0.0692 e. The van der Waals surface area contributed by atoms with Crippen molar-refractivity contribution in [1.82, 2.24) is 20.3 Å². The molecule has 0 saturated carbocycles. The van der Waals surface area contributed by atoms with Crippen molar-refractivity contribution in [3.8, 4) is 12.3 Å². The Bertz CT molecular complexity index is 247.